The number of rotatable bonds is 3. The van der Waals surface area contributed by atoms with Crippen molar-refractivity contribution in [1.29, 1.82) is 0 Å². The minimum absolute atomic E-state index is 0.285. The summed E-state index contributed by atoms with van der Waals surface area (Å²) in [6.45, 7) is 0.951. The highest BCUT2D eigenvalue weighted by Crippen LogP contribution is 2.28. The summed E-state index contributed by atoms with van der Waals surface area (Å²) in [5.74, 6) is -0.405. The molecule has 1 unspecified atom stereocenters. The number of nitrogens with two attached hydrogens (primary N) is 1. The fraction of sp³-hybridized carbons (Fsp3) is 0.417. The third-order valence-electron chi connectivity index (χ3n) is 2.96. The van der Waals surface area contributed by atoms with E-state index in [0.717, 1.165) is 6.42 Å². The number of ether oxygens (including phenoxy) is 1. The van der Waals surface area contributed by atoms with Crippen molar-refractivity contribution in [3.63, 3.8) is 0 Å². The van der Waals surface area contributed by atoms with E-state index >= 15 is 0 Å². The van der Waals surface area contributed by atoms with Crippen LogP contribution < -0.4 is 11.1 Å². The topological polar surface area (TPSA) is 64.4 Å². The van der Waals surface area contributed by atoms with E-state index in [9.17, 15) is 4.79 Å². The van der Waals surface area contributed by atoms with Gasteiger partial charge in [0.25, 0.3) is 0 Å². The Hall–Kier alpha value is -1.26. The number of carbonyl (C=O) groups is 1. The van der Waals surface area contributed by atoms with Crippen LogP contribution in [0.25, 0.3) is 0 Å². The van der Waals surface area contributed by atoms with Crippen LogP contribution in [0.4, 0.5) is 5.69 Å². The number of primary amides is 1. The van der Waals surface area contributed by atoms with Gasteiger partial charge in [-0.2, -0.15) is 0 Å². The van der Waals surface area contributed by atoms with Gasteiger partial charge in [0, 0.05) is 6.61 Å². The highest BCUT2D eigenvalue weighted by atomic mass is 35.5. The lowest BCUT2D eigenvalue weighted by atomic mass is 9.91. The maximum absolute atomic E-state index is 11.6. The predicted octanol–water partition coefficient (Wildman–Crippen LogP) is 1.79. The molecule has 3 N–H and O–H groups in total. The predicted molar refractivity (Wildman–Crippen MR) is 67.1 cm³/mol. The number of anilines is 1. The lowest BCUT2D eigenvalue weighted by molar-refractivity contribution is -0.126. The summed E-state index contributed by atoms with van der Waals surface area (Å²) in [6.07, 6.45) is 1.47. The fourth-order valence-electron chi connectivity index (χ4n) is 1.97. The standard InChI is InChI=1S/C12H15ClN2O2/c13-9-4-1-2-5-10(9)15-12(11(14)16)6-3-7-17-8-12/h1-2,4-5,15H,3,6-8H2,(H2,14,16). The summed E-state index contributed by atoms with van der Waals surface area (Å²) in [7, 11) is 0. The van der Waals surface area contributed by atoms with Gasteiger partial charge >= 0.3 is 0 Å². The molecule has 1 atom stereocenters. The van der Waals surface area contributed by atoms with E-state index in [-0.39, 0.29) is 6.61 Å². The molecule has 5 heteroatoms. The number of nitrogens with one attached hydrogen (secondary N) is 1. The Kier molecular flexibility index (Phi) is 3.54. The average Bonchev–Trinajstić information content (AvgIpc) is 2.33. The van der Waals surface area contributed by atoms with Crippen LogP contribution >= 0.6 is 11.6 Å². The van der Waals surface area contributed by atoms with Crippen LogP contribution in [0.2, 0.25) is 5.02 Å². The van der Waals surface area contributed by atoms with Crippen molar-refractivity contribution in [2.75, 3.05) is 18.5 Å². The number of para-hydroxylation sites is 1. The molecular formula is C12H15ClN2O2. The molecule has 1 fully saturated rings. The molecule has 1 aromatic carbocycles. The normalized spacial score (nSPS) is 24.3. The Morgan fingerprint density at radius 3 is 2.82 bits per heavy atom. The summed E-state index contributed by atoms with van der Waals surface area (Å²) in [6, 6.07) is 7.28. The molecule has 1 aromatic rings. The summed E-state index contributed by atoms with van der Waals surface area (Å²) >= 11 is 6.05. The van der Waals surface area contributed by atoms with Gasteiger partial charge in [0.1, 0.15) is 5.54 Å². The van der Waals surface area contributed by atoms with Crippen molar-refractivity contribution in [2.24, 2.45) is 5.73 Å². The quantitative estimate of drug-likeness (QED) is 0.864. The molecule has 92 valence electrons. The molecule has 1 heterocycles. The Morgan fingerprint density at radius 1 is 1.47 bits per heavy atom. The van der Waals surface area contributed by atoms with Gasteiger partial charge in [-0.3, -0.25) is 4.79 Å². The van der Waals surface area contributed by atoms with E-state index in [0.29, 0.717) is 23.7 Å². The smallest absolute Gasteiger partial charge is 0.245 e. The van der Waals surface area contributed by atoms with Crippen LogP contribution in [-0.4, -0.2) is 24.7 Å². The number of amides is 1. The van der Waals surface area contributed by atoms with Crippen LogP contribution in [0, 0.1) is 0 Å². The van der Waals surface area contributed by atoms with Crippen molar-refractivity contribution in [3.05, 3.63) is 29.3 Å². The van der Waals surface area contributed by atoms with Crippen LogP contribution in [0.1, 0.15) is 12.8 Å². The zero-order chi connectivity index (χ0) is 12.3. The van der Waals surface area contributed by atoms with E-state index in [1.54, 1.807) is 6.07 Å². The van der Waals surface area contributed by atoms with Crippen molar-refractivity contribution >= 4 is 23.2 Å². The molecule has 0 spiro atoms. The summed E-state index contributed by atoms with van der Waals surface area (Å²) in [4.78, 5) is 11.6. The molecule has 0 aliphatic carbocycles. The molecule has 2 rings (SSSR count). The molecule has 0 aromatic heterocycles. The first-order chi connectivity index (χ1) is 8.14. The Morgan fingerprint density at radius 2 is 2.24 bits per heavy atom. The first-order valence-corrected chi connectivity index (χ1v) is 5.92. The maximum atomic E-state index is 11.6. The van der Waals surface area contributed by atoms with Gasteiger partial charge in [0.2, 0.25) is 5.91 Å². The van der Waals surface area contributed by atoms with Crippen molar-refractivity contribution in [2.45, 2.75) is 18.4 Å². The second-order valence-corrected chi connectivity index (χ2v) is 4.61. The minimum atomic E-state index is -0.844. The van der Waals surface area contributed by atoms with Gasteiger partial charge < -0.3 is 15.8 Å². The lowest BCUT2D eigenvalue weighted by Crippen LogP contribution is -2.56. The van der Waals surface area contributed by atoms with Gasteiger partial charge in [0.05, 0.1) is 17.3 Å². The second kappa shape index (κ2) is 4.94. The Bertz CT molecular complexity index is 417. The van der Waals surface area contributed by atoms with Gasteiger partial charge in [0.15, 0.2) is 0 Å². The van der Waals surface area contributed by atoms with Gasteiger partial charge in [-0.15, -0.1) is 0 Å². The zero-order valence-corrected chi connectivity index (χ0v) is 10.2. The molecule has 1 aliphatic rings. The van der Waals surface area contributed by atoms with E-state index in [2.05, 4.69) is 5.32 Å². The molecule has 0 bridgehead atoms. The number of benzene rings is 1. The molecule has 4 nitrogen and oxygen atoms in total. The number of carbonyl (C=O) groups excluding carboxylic acids is 1. The van der Waals surface area contributed by atoms with E-state index in [1.807, 2.05) is 18.2 Å². The van der Waals surface area contributed by atoms with Crippen molar-refractivity contribution < 1.29 is 9.53 Å². The first-order valence-electron chi connectivity index (χ1n) is 5.54. The van der Waals surface area contributed by atoms with Gasteiger partial charge in [-0.25, -0.2) is 0 Å². The largest absolute Gasteiger partial charge is 0.378 e. The van der Waals surface area contributed by atoms with Crippen LogP contribution in [0.3, 0.4) is 0 Å². The molecule has 1 amide bonds. The monoisotopic (exact) mass is 254 g/mol. The molecule has 0 radical (unpaired) electrons. The van der Waals surface area contributed by atoms with E-state index in [4.69, 9.17) is 22.1 Å². The van der Waals surface area contributed by atoms with E-state index < -0.39 is 11.4 Å². The van der Waals surface area contributed by atoms with Gasteiger partial charge in [-0.05, 0) is 25.0 Å². The maximum Gasteiger partial charge on any atom is 0.245 e. The number of hydrogen-bond donors (Lipinski definition) is 2. The Labute approximate surface area is 105 Å². The highest BCUT2D eigenvalue weighted by molar-refractivity contribution is 6.33. The molecule has 17 heavy (non-hydrogen) atoms. The highest BCUT2D eigenvalue weighted by Gasteiger charge is 2.39. The summed E-state index contributed by atoms with van der Waals surface area (Å²) in [5, 5.41) is 3.70. The SMILES string of the molecule is NC(=O)C1(Nc2ccccc2Cl)CCCOC1. The molecule has 0 saturated carbocycles. The second-order valence-electron chi connectivity index (χ2n) is 4.21. The van der Waals surface area contributed by atoms with Crippen molar-refractivity contribution in [3.8, 4) is 0 Å². The lowest BCUT2D eigenvalue weighted by Gasteiger charge is -2.35. The van der Waals surface area contributed by atoms with Crippen LogP contribution in [-0.2, 0) is 9.53 Å². The molecular weight excluding hydrogens is 240 g/mol. The van der Waals surface area contributed by atoms with Crippen LogP contribution in [0.5, 0.6) is 0 Å². The van der Waals surface area contributed by atoms with Gasteiger partial charge in [-0.1, -0.05) is 23.7 Å². The third-order valence-corrected chi connectivity index (χ3v) is 3.29. The summed E-state index contributed by atoms with van der Waals surface area (Å²) in [5.41, 5.74) is 5.34. The van der Waals surface area contributed by atoms with Crippen molar-refractivity contribution in [1.82, 2.24) is 0 Å². The number of hydrogen-bond acceptors (Lipinski definition) is 3. The third kappa shape index (κ3) is 2.53. The first kappa shape index (κ1) is 12.2. The van der Waals surface area contributed by atoms with Crippen LogP contribution in [0.15, 0.2) is 24.3 Å². The van der Waals surface area contributed by atoms with E-state index in [1.165, 1.54) is 0 Å². The average molecular weight is 255 g/mol. The molecule has 1 saturated heterocycles. The Balaban J connectivity index is 2.24. The summed E-state index contributed by atoms with van der Waals surface area (Å²) < 4.78 is 5.35. The number of halogens is 1. The minimum Gasteiger partial charge on any atom is -0.378 e. The zero-order valence-electron chi connectivity index (χ0n) is 9.41. The fourth-order valence-corrected chi connectivity index (χ4v) is 2.15. The molecule has 1 aliphatic heterocycles.